The Kier molecular flexibility index (Phi) is 9.54. The zero-order valence-corrected chi connectivity index (χ0v) is 14.5. The minimum Gasteiger partial charge on any atom is -0.356 e. The number of hydrogen-bond donors (Lipinski definition) is 2. The molecule has 19 heavy (non-hydrogen) atoms. The number of halogens is 1. The lowest BCUT2D eigenvalue weighted by molar-refractivity contribution is 0.548. The second-order valence-corrected chi connectivity index (χ2v) is 4.69. The van der Waals surface area contributed by atoms with Crippen LogP contribution in [-0.4, -0.2) is 34.3 Å². The van der Waals surface area contributed by atoms with Gasteiger partial charge in [-0.25, -0.2) is 4.98 Å². The van der Waals surface area contributed by atoms with E-state index in [0.717, 1.165) is 30.7 Å². The number of nitrogens with one attached hydrogen (secondary N) is 2. The van der Waals surface area contributed by atoms with E-state index in [-0.39, 0.29) is 24.0 Å². The van der Waals surface area contributed by atoms with Gasteiger partial charge in [0.1, 0.15) is 12.2 Å². The van der Waals surface area contributed by atoms with Gasteiger partial charge in [-0.1, -0.05) is 13.8 Å². The minimum absolute atomic E-state index is 0. The third-order valence-corrected chi connectivity index (χ3v) is 2.69. The second kappa shape index (κ2) is 9.99. The third kappa shape index (κ3) is 7.34. The van der Waals surface area contributed by atoms with Crippen LogP contribution in [0, 0.1) is 5.92 Å². The molecule has 0 aliphatic heterocycles. The topological polar surface area (TPSA) is 67.1 Å². The highest BCUT2D eigenvalue weighted by Crippen LogP contribution is 2.01. The Morgan fingerprint density at radius 1 is 1.42 bits per heavy atom. The zero-order chi connectivity index (χ0) is 13.4. The van der Waals surface area contributed by atoms with E-state index in [0.29, 0.717) is 6.54 Å². The van der Waals surface area contributed by atoms with Gasteiger partial charge in [-0.2, -0.15) is 5.10 Å². The predicted octanol–water partition coefficient (Wildman–Crippen LogP) is 1.53. The van der Waals surface area contributed by atoms with Crippen LogP contribution in [0.1, 0.15) is 32.5 Å². The fraction of sp³-hybridized carbons (Fsp3) is 0.750. The highest BCUT2D eigenvalue weighted by atomic mass is 127. The molecule has 0 saturated heterocycles. The van der Waals surface area contributed by atoms with Crippen molar-refractivity contribution in [2.24, 2.45) is 18.0 Å². The molecule has 0 atom stereocenters. The van der Waals surface area contributed by atoms with Crippen LogP contribution in [0.4, 0.5) is 0 Å². The summed E-state index contributed by atoms with van der Waals surface area (Å²) in [5, 5.41) is 10.5. The van der Waals surface area contributed by atoms with Gasteiger partial charge in [-0.15, -0.1) is 24.0 Å². The van der Waals surface area contributed by atoms with Crippen LogP contribution in [0.2, 0.25) is 0 Å². The molecule has 110 valence electrons. The van der Waals surface area contributed by atoms with Gasteiger partial charge in [0.15, 0.2) is 5.96 Å². The first-order valence-electron chi connectivity index (χ1n) is 6.41. The van der Waals surface area contributed by atoms with Crippen LogP contribution < -0.4 is 10.6 Å². The van der Waals surface area contributed by atoms with Crippen molar-refractivity contribution in [2.45, 2.75) is 33.2 Å². The number of hydrogen-bond acceptors (Lipinski definition) is 3. The molecule has 0 unspecified atom stereocenters. The monoisotopic (exact) mass is 380 g/mol. The van der Waals surface area contributed by atoms with Gasteiger partial charge < -0.3 is 10.6 Å². The minimum atomic E-state index is 0. The summed E-state index contributed by atoms with van der Waals surface area (Å²) in [4.78, 5) is 8.32. The van der Waals surface area contributed by atoms with E-state index in [4.69, 9.17) is 0 Å². The van der Waals surface area contributed by atoms with Gasteiger partial charge >= 0.3 is 0 Å². The fourth-order valence-corrected chi connectivity index (χ4v) is 1.58. The smallest absolute Gasteiger partial charge is 0.191 e. The number of aliphatic imine (C=N–C) groups is 1. The molecule has 0 amide bonds. The summed E-state index contributed by atoms with van der Waals surface area (Å²) in [7, 11) is 3.65. The summed E-state index contributed by atoms with van der Waals surface area (Å²) in [5.41, 5.74) is 0. The molecule has 0 saturated carbocycles. The van der Waals surface area contributed by atoms with Gasteiger partial charge in [-0.05, 0) is 18.8 Å². The molecule has 0 radical (unpaired) electrons. The lowest BCUT2D eigenvalue weighted by Crippen LogP contribution is -2.37. The molecule has 0 fully saturated rings. The molecule has 1 aromatic heterocycles. The average Bonchev–Trinajstić information content (AvgIpc) is 2.74. The first kappa shape index (κ1) is 18.1. The van der Waals surface area contributed by atoms with Crippen LogP contribution in [0.5, 0.6) is 0 Å². The summed E-state index contributed by atoms with van der Waals surface area (Å²) in [6.45, 7) is 6.04. The highest BCUT2D eigenvalue weighted by molar-refractivity contribution is 14.0. The van der Waals surface area contributed by atoms with Crippen LogP contribution in [0.3, 0.4) is 0 Å². The Morgan fingerprint density at radius 3 is 2.68 bits per heavy atom. The van der Waals surface area contributed by atoms with Crippen molar-refractivity contribution < 1.29 is 0 Å². The lowest BCUT2D eigenvalue weighted by Gasteiger charge is -2.12. The first-order chi connectivity index (χ1) is 8.63. The summed E-state index contributed by atoms with van der Waals surface area (Å²) >= 11 is 0. The number of aromatic nitrogens is 3. The molecule has 1 heterocycles. The van der Waals surface area contributed by atoms with Crippen molar-refractivity contribution in [1.29, 1.82) is 0 Å². The van der Waals surface area contributed by atoms with Gasteiger partial charge in [0.05, 0.1) is 6.54 Å². The summed E-state index contributed by atoms with van der Waals surface area (Å²) in [5.74, 6) is 2.45. The maximum Gasteiger partial charge on any atom is 0.191 e. The molecule has 0 aromatic carbocycles. The van der Waals surface area contributed by atoms with E-state index < -0.39 is 0 Å². The van der Waals surface area contributed by atoms with Crippen molar-refractivity contribution in [3.63, 3.8) is 0 Å². The molecule has 6 nitrogen and oxygen atoms in total. The van der Waals surface area contributed by atoms with Gasteiger partial charge in [0.2, 0.25) is 0 Å². The van der Waals surface area contributed by atoms with Crippen LogP contribution in [-0.2, 0) is 13.6 Å². The molecule has 0 spiro atoms. The maximum absolute atomic E-state index is 4.17. The molecular formula is C12H25IN6. The highest BCUT2D eigenvalue weighted by Gasteiger charge is 2.02. The van der Waals surface area contributed by atoms with E-state index in [2.05, 4.69) is 39.6 Å². The second-order valence-electron chi connectivity index (χ2n) is 4.69. The van der Waals surface area contributed by atoms with Crippen molar-refractivity contribution in [1.82, 2.24) is 25.4 Å². The Bertz CT molecular complexity index is 374. The summed E-state index contributed by atoms with van der Waals surface area (Å²) in [6.07, 6.45) is 3.94. The molecule has 7 heteroatoms. The molecular weight excluding hydrogens is 355 g/mol. The third-order valence-electron chi connectivity index (χ3n) is 2.69. The van der Waals surface area contributed by atoms with Crippen molar-refractivity contribution in [2.75, 3.05) is 13.6 Å². The molecule has 0 aliphatic rings. The number of aryl methyl sites for hydroxylation is 1. The normalized spacial score (nSPS) is 11.3. The van der Waals surface area contributed by atoms with Crippen LogP contribution >= 0.6 is 24.0 Å². The average molecular weight is 380 g/mol. The number of nitrogens with zero attached hydrogens (tertiary/aromatic N) is 4. The zero-order valence-electron chi connectivity index (χ0n) is 12.2. The van der Waals surface area contributed by atoms with E-state index >= 15 is 0 Å². The van der Waals surface area contributed by atoms with E-state index in [9.17, 15) is 0 Å². The molecule has 1 aromatic rings. The Labute approximate surface area is 132 Å². The Hall–Kier alpha value is -0.860. The van der Waals surface area contributed by atoms with Crippen molar-refractivity contribution in [3.05, 3.63) is 12.2 Å². The van der Waals surface area contributed by atoms with Crippen molar-refractivity contribution in [3.8, 4) is 0 Å². The Balaban J connectivity index is 0.00000324. The number of rotatable bonds is 6. The van der Waals surface area contributed by atoms with Crippen LogP contribution in [0.15, 0.2) is 11.3 Å². The standard InChI is InChI=1S/C12H24N6.HI/c1-10(2)6-5-7-14-12(13-3)15-8-11-16-9-17-18(11)4;/h9-10H,5-8H2,1-4H3,(H2,13,14,15);1H. The predicted molar refractivity (Wildman–Crippen MR) is 88.7 cm³/mol. The maximum atomic E-state index is 4.17. The molecule has 2 N–H and O–H groups in total. The fourth-order valence-electron chi connectivity index (χ4n) is 1.58. The first-order valence-corrected chi connectivity index (χ1v) is 6.41. The molecule has 0 bridgehead atoms. The van der Waals surface area contributed by atoms with E-state index in [1.807, 2.05) is 7.05 Å². The Morgan fingerprint density at radius 2 is 2.16 bits per heavy atom. The van der Waals surface area contributed by atoms with Gasteiger partial charge in [0.25, 0.3) is 0 Å². The SMILES string of the molecule is CN=C(NCCCC(C)C)NCc1ncnn1C.I. The summed E-state index contributed by atoms with van der Waals surface area (Å²) in [6, 6.07) is 0. The van der Waals surface area contributed by atoms with Gasteiger partial charge in [-0.3, -0.25) is 9.67 Å². The van der Waals surface area contributed by atoms with E-state index in [1.165, 1.54) is 6.42 Å². The van der Waals surface area contributed by atoms with E-state index in [1.54, 1.807) is 18.1 Å². The molecule has 1 rings (SSSR count). The lowest BCUT2D eigenvalue weighted by atomic mass is 10.1. The van der Waals surface area contributed by atoms with Crippen molar-refractivity contribution >= 4 is 29.9 Å². The van der Waals surface area contributed by atoms with Crippen LogP contribution in [0.25, 0.3) is 0 Å². The largest absolute Gasteiger partial charge is 0.356 e. The quantitative estimate of drug-likeness (QED) is 0.340. The number of guanidine groups is 1. The molecule has 0 aliphatic carbocycles. The van der Waals surface area contributed by atoms with Gasteiger partial charge in [0, 0.05) is 20.6 Å². The summed E-state index contributed by atoms with van der Waals surface area (Å²) < 4.78 is 1.75.